The van der Waals surface area contributed by atoms with Crippen LogP contribution in [0.25, 0.3) is 0 Å². The van der Waals surface area contributed by atoms with Crippen molar-refractivity contribution in [2.75, 3.05) is 45.2 Å². The van der Waals surface area contributed by atoms with Crippen LogP contribution in [-0.2, 0) is 14.3 Å². The van der Waals surface area contributed by atoms with E-state index in [0.29, 0.717) is 37.0 Å². The van der Waals surface area contributed by atoms with Gasteiger partial charge in [-0.2, -0.15) is 0 Å². The molecule has 2 aromatic carbocycles. The van der Waals surface area contributed by atoms with Crippen molar-refractivity contribution >= 4 is 29.1 Å². The van der Waals surface area contributed by atoms with E-state index in [2.05, 4.69) is 5.32 Å². The van der Waals surface area contributed by atoms with Gasteiger partial charge in [-0.05, 0) is 37.2 Å². The number of nitrogens with zero attached hydrogens (tertiary/aromatic N) is 2. The second kappa shape index (κ2) is 9.87. The maximum atomic E-state index is 13.2. The predicted octanol–water partition coefficient (Wildman–Crippen LogP) is 3.12. The molecule has 0 bridgehead atoms. The van der Waals surface area contributed by atoms with Crippen LogP contribution in [0.2, 0.25) is 5.02 Å². The lowest BCUT2D eigenvalue weighted by molar-refractivity contribution is -0.137. The van der Waals surface area contributed by atoms with Crippen molar-refractivity contribution in [3.8, 4) is 0 Å². The van der Waals surface area contributed by atoms with Crippen LogP contribution in [0.5, 0.6) is 0 Å². The number of nitrogens with one attached hydrogen (secondary N) is 1. The van der Waals surface area contributed by atoms with Crippen molar-refractivity contribution in [3.05, 3.63) is 64.7 Å². The molecule has 154 valence electrons. The first-order valence-electron chi connectivity index (χ1n) is 9.63. The molecule has 2 amide bonds. The molecule has 0 aliphatic carbocycles. The van der Waals surface area contributed by atoms with Crippen LogP contribution >= 0.6 is 11.6 Å². The maximum Gasteiger partial charge on any atom is 0.246 e. The highest BCUT2D eigenvalue weighted by Crippen LogP contribution is 2.24. The number of hydrogen-bond donors (Lipinski definition) is 1. The zero-order chi connectivity index (χ0) is 20.8. The number of carbonyl (C=O) groups excluding carboxylic acids is 2. The van der Waals surface area contributed by atoms with Crippen LogP contribution in [0, 0.1) is 6.92 Å². The average Bonchev–Trinajstić information content (AvgIpc) is 2.72. The Morgan fingerprint density at radius 3 is 2.52 bits per heavy atom. The molecule has 0 radical (unpaired) electrons. The topological polar surface area (TPSA) is 61.9 Å². The Morgan fingerprint density at radius 2 is 1.86 bits per heavy atom. The molecule has 2 aromatic rings. The molecule has 1 aliphatic heterocycles. The molecule has 1 saturated heterocycles. The second-order valence-electron chi connectivity index (χ2n) is 7.17. The first-order valence-corrected chi connectivity index (χ1v) is 10.0. The van der Waals surface area contributed by atoms with Gasteiger partial charge in [-0.15, -0.1) is 0 Å². The largest absolute Gasteiger partial charge is 0.378 e. The zero-order valence-corrected chi connectivity index (χ0v) is 17.5. The summed E-state index contributed by atoms with van der Waals surface area (Å²) in [6.45, 7) is 4.30. The third-order valence-electron chi connectivity index (χ3n) is 4.99. The highest BCUT2D eigenvalue weighted by atomic mass is 35.5. The van der Waals surface area contributed by atoms with Gasteiger partial charge in [-0.25, -0.2) is 0 Å². The Morgan fingerprint density at radius 1 is 1.17 bits per heavy atom. The second-order valence-corrected chi connectivity index (χ2v) is 7.58. The summed E-state index contributed by atoms with van der Waals surface area (Å²) in [5.74, 6) is -0.226. The van der Waals surface area contributed by atoms with Gasteiger partial charge in [-0.3, -0.25) is 14.5 Å². The van der Waals surface area contributed by atoms with Gasteiger partial charge in [0.25, 0.3) is 0 Å². The summed E-state index contributed by atoms with van der Waals surface area (Å²) in [6, 6.07) is 14.3. The highest BCUT2D eigenvalue weighted by Gasteiger charge is 2.28. The molecule has 1 atom stereocenters. The summed E-state index contributed by atoms with van der Waals surface area (Å²) in [6.07, 6.45) is 0. The van der Waals surface area contributed by atoms with Gasteiger partial charge in [0.15, 0.2) is 0 Å². The monoisotopic (exact) mass is 415 g/mol. The highest BCUT2D eigenvalue weighted by molar-refractivity contribution is 6.31. The molecule has 1 N–H and O–H groups in total. The number of likely N-dealkylation sites (N-methyl/N-ethyl adjacent to an activating group) is 1. The molecule has 6 nitrogen and oxygen atoms in total. The zero-order valence-electron chi connectivity index (χ0n) is 16.7. The van der Waals surface area contributed by atoms with Crippen LogP contribution in [0.1, 0.15) is 17.2 Å². The van der Waals surface area contributed by atoms with E-state index in [1.807, 2.05) is 49.4 Å². The van der Waals surface area contributed by atoms with E-state index in [-0.39, 0.29) is 18.4 Å². The van der Waals surface area contributed by atoms with Gasteiger partial charge in [0.05, 0.1) is 19.8 Å². The van der Waals surface area contributed by atoms with Crippen LogP contribution in [0.4, 0.5) is 5.69 Å². The summed E-state index contributed by atoms with van der Waals surface area (Å²) in [5, 5.41) is 3.52. The molecular formula is C22H26ClN3O3. The number of halogens is 1. The average molecular weight is 416 g/mol. The van der Waals surface area contributed by atoms with E-state index < -0.39 is 6.04 Å². The number of anilines is 1. The van der Waals surface area contributed by atoms with Crippen molar-refractivity contribution < 1.29 is 14.3 Å². The summed E-state index contributed by atoms with van der Waals surface area (Å²) < 4.78 is 5.31. The minimum Gasteiger partial charge on any atom is -0.378 e. The van der Waals surface area contributed by atoms with Crippen molar-refractivity contribution in [1.82, 2.24) is 9.80 Å². The molecule has 29 heavy (non-hydrogen) atoms. The van der Waals surface area contributed by atoms with E-state index in [1.54, 1.807) is 22.9 Å². The van der Waals surface area contributed by atoms with E-state index in [9.17, 15) is 9.59 Å². The Balaban J connectivity index is 1.77. The molecule has 1 aliphatic rings. The number of amides is 2. The Labute approximate surface area is 176 Å². The standard InChI is InChI=1S/C22H26ClN3O3/c1-16-8-9-18(14-19(16)23)24-22(28)21(17-6-4-3-5-7-17)25(2)15-20(27)26-10-12-29-13-11-26/h3-9,14,21H,10-13,15H2,1-2H3,(H,24,28)/t21-/m0/s1. The van der Waals surface area contributed by atoms with Crippen LogP contribution in [0.15, 0.2) is 48.5 Å². The fraction of sp³-hybridized carbons (Fsp3) is 0.364. The number of benzene rings is 2. The summed E-state index contributed by atoms with van der Waals surface area (Å²) in [5.41, 5.74) is 2.39. The van der Waals surface area contributed by atoms with E-state index >= 15 is 0 Å². The number of rotatable bonds is 6. The third kappa shape index (κ3) is 5.56. The van der Waals surface area contributed by atoms with Gasteiger partial charge < -0.3 is 15.0 Å². The van der Waals surface area contributed by atoms with Gasteiger partial charge in [0.1, 0.15) is 6.04 Å². The maximum absolute atomic E-state index is 13.2. The molecule has 1 fully saturated rings. The van der Waals surface area contributed by atoms with Crippen LogP contribution < -0.4 is 5.32 Å². The summed E-state index contributed by atoms with van der Waals surface area (Å²) in [7, 11) is 1.79. The van der Waals surface area contributed by atoms with Gasteiger partial charge in [0.2, 0.25) is 11.8 Å². The van der Waals surface area contributed by atoms with Crippen molar-refractivity contribution in [2.24, 2.45) is 0 Å². The van der Waals surface area contributed by atoms with Crippen molar-refractivity contribution in [2.45, 2.75) is 13.0 Å². The molecular weight excluding hydrogens is 390 g/mol. The lowest BCUT2D eigenvalue weighted by atomic mass is 10.0. The molecule has 0 saturated carbocycles. The van der Waals surface area contributed by atoms with E-state index in [1.165, 1.54) is 0 Å². The molecule has 3 rings (SSSR count). The first-order chi connectivity index (χ1) is 14.0. The Bertz CT molecular complexity index is 854. The molecule has 0 aromatic heterocycles. The smallest absolute Gasteiger partial charge is 0.246 e. The number of morpholine rings is 1. The quantitative estimate of drug-likeness (QED) is 0.787. The molecule has 0 spiro atoms. The number of carbonyl (C=O) groups is 2. The SMILES string of the molecule is Cc1ccc(NC(=O)[C@H](c2ccccc2)N(C)CC(=O)N2CCOCC2)cc1Cl. The van der Waals surface area contributed by atoms with E-state index in [0.717, 1.165) is 11.1 Å². The van der Waals surface area contributed by atoms with E-state index in [4.69, 9.17) is 16.3 Å². The lowest BCUT2D eigenvalue weighted by Crippen LogP contribution is -2.47. The third-order valence-corrected chi connectivity index (χ3v) is 5.40. The molecule has 1 heterocycles. The number of hydrogen-bond acceptors (Lipinski definition) is 4. The lowest BCUT2D eigenvalue weighted by Gasteiger charge is -2.31. The van der Waals surface area contributed by atoms with Gasteiger partial charge >= 0.3 is 0 Å². The Hall–Kier alpha value is -2.41. The normalized spacial score (nSPS) is 15.2. The first kappa shape index (κ1) is 21.3. The van der Waals surface area contributed by atoms with Crippen LogP contribution in [0.3, 0.4) is 0 Å². The fourth-order valence-electron chi connectivity index (χ4n) is 3.34. The van der Waals surface area contributed by atoms with Crippen molar-refractivity contribution in [1.29, 1.82) is 0 Å². The van der Waals surface area contributed by atoms with Crippen LogP contribution in [-0.4, -0.2) is 61.5 Å². The van der Waals surface area contributed by atoms with Crippen molar-refractivity contribution in [3.63, 3.8) is 0 Å². The molecule has 0 unspecified atom stereocenters. The summed E-state index contributed by atoms with van der Waals surface area (Å²) >= 11 is 6.19. The fourth-order valence-corrected chi connectivity index (χ4v) is 3.52. The Kier molecular flexibility index (Phi) is 7.25. The van der Waals surface area contributed by atoms with Gasteiger partial charge in [0, 0.05) is 23.8 Å². The molecule has 7 heteroatoms. The minimum atomic E-state index is -0.610. The number of ether oxygens (including phenoxy) is 1. The minimum absolute atomic E-state index is 0.0112. The van der Waals surface area contributed by atoms with Gasteiger partial charge in [-0.1, -0.05) is 48.0 Å². The number of aryl methyl sites for hydroxylation is 1. The predicted molar refractivity (Wildman–Crippen MR) is 114 cm³/mol. The summed E-state index contributed by atoms with van der Waals surface area (Å²) in [4.78, 5) is 29.4.